The van der Waals surface area contributed by atoms with Gasteiger partial charge in [-0.2, -0.15) is 0 Å². The van der Waals surface area contributed by atoms with E-state index in [0.29, 0.717) is 13.0 Å². The van der Waals surface area contributed by atoms with Crippen molar-refractivity contribution in [3.05, 3.63) is 0 Å². The first-order valence-electron chi connectivity index (χ1n) is 20.8. The van der Waals surface area contributed by atoms with E-state index >= 15 is 0 Å². The van der Waals surface area contributed by atoms with Gasteiger partial charge in [-0.1, -0.05) is 169 Å². The van der Waals surface area contributed by atoms with Gasteiger partial charge in [-0.25, -0.2) is 0 Å². The lowest BCUT2D eigenvalue weighted by Gasteiger charge is -2.24. The monoisotopic (exact) mass is 701 g/mol. The minimum absolute atomic E-state index is 0.0990. The Labute approximate surface area is 301 Å². The van der Waals surface area contributed by atoms with Crippen LogP contribution in [0.4, 0.5) is 0 Å². The maximum atomic E-state index is 12.7. The smallest absolute Gasteiger partial charge is 0.306 e. The zero-order valence-electron chi connectivity index (χ0n) is 32.3. The molecular formula is C41H80O8. The fraction of sp³-hybridized carbons (Fsp3) is 0.976. The summed E-state index contributed by atoms with van der Waals surface area (Å²) in [4.78, 5) is 12.7. The van der Waals surface area contributed by atoms with Crippen molar-refractivity contribution in [1.82, 2.24) is 0 Å². The van der Waals surface area contributed by atoms with Gasteiger partial charge in [0.15, 0.2) is 0 Å². The number of aliphatic hydroxyl groups is 4. The minimum atomic E-state index is -1.49. The lowest BCUT2D eigenvalue weighted by atomic mass is 9.96. The topological polar surface area (TPSA) is 126 Å². The van der Waals surface area contributed by atoms with Crippen LogP contribution in [-0.2, 0) is 19.0 Å². The van der Waals surface area contributed by atoms with Crippen molar-refractivity contribution in [2.75, 3.05) is 19.8 Å². The first kappa shape index (κ1) is 46.3. The van der Waals surface area contributed by atoms with Crippen LogP contribution in [0.25, 0.3) is 0 Å². The zero-order chi connectivity index (χ0) is 36.1. The van der Waals surface area contributed by atoms with E-state index in [1.807, 2.05) is 0 Å². The zero-order valence-corrected chi connectivity index (χ0v) is 32.3. The van der Waals surface area contributed by atoms with Crippen molar-refractivity contribution < 1.29 is 39.4 Å². The third-order valence-electron chi connectivity index (χ3n) is 10.5. The summed E-state index contributed by atoms with van der Waals surface area (Å²) in [6.07, 6.45) is 22.5. The molecule has 1 fully saturated rings. The molecule has 7 atom stereocenters. The predicted molar refractivity (Wildman–Crippen MR) is 200 cm³/mol. The van der Waals surface area contributed by atoms with Crippen molar-refractivity contribution in [3.63, 3.8) is 0 Å². The summed E-state index contributed by atoms with van der Waals surface area (Å²) in [6, 6.07) is 0. The Morgan fingerprint density at radius 3 is 1.45 bits per heavy atom. The molecule has 49 heavy (non-hydrogen) atoms. The molecule has 0 spiro atoms. The van der Waals surface area contributed by atoms with Crippen LogP contribution in [0.5, 0.6) is 0 Å². The number of ether oxygens (including phenoxy) is 3. The summed E-state index contributed by atoms with van der Waals surface area (Å²) in [6.45, 7) is 9.91. The highest BCUT2D eigenvalue weighted by Gasteiger charge is 2.49. The molecule has 8 nitrogen and oxygen atoms in total. The van der Waals surface area contributed by atoms with Gasteiger partial charge in [-0.3, -0.25) is 4.79 Å². The van der Waals surface area contributed by atoms with Crippen LogP contribution in [0.1, 0.15) is 188 Å². The van der Waals surface area contributed by atoms with Gasteiger partial charge in [0.05, 0.1) is 13.2 Å². The Morgan fingerprint density at radius 1 is 0.531 bits per heavy atom. The number of esters is 1. The summed E-state index contributed by atoms with van der Waals surface area (Å²) in [5.74, 6) is 1.37. The van der Waals surface area contributed by atoms with E-state index < -0.39 is 36.6 Å². The number of aliphatic hydroxyl groups excluding tert-OH is 4. The lowest BCUT2D eigenvalue weighted by molar-refractivity contribution is -0.163. The molecule has 0 aromatic carbocycles. The van der Waals surface area contributed by atoms with E-state index in [9.17, 15) is 25.2 Å². The second-order valence-electron chi connectivity index (χ2n) is 15.4. The van der Waals surface area contributed by atoms with Crippen molar-refractivity contribution in [1.29, 1.82) is 0 Å². The molecule has 1 rings (SSSR count). The first-order chi connectivity index (χ1) is 23.7. The van der Waals surface area contributed by atoms with Crippen molar-refractivity contribution in [3.8, 4) is 0 Å². The highest BCUT2D eigenvalue weighted by Crippen LogP contribution is 2.25. The number of carbonyl (C=O) groups is 1. The second-order valence-corrected chi connectivity index (χ2v) is 15.4. The maximum absolute atomic E-state index is 12.7. The van der Waals surface area contributed by atoms with E-state index in [1.54, 1.807) is 0 Å². The average molecular weight is 701 g/mol. The normalized spacial score (nSPS) is 21.6. The van der Waals surface area contributed by atoms with Gasteiger partial charge in [0.25, 0.3) is 0 Å². The summed E-state index contributed by atoms with van der Waals surface area (Å²) in [5.41, 5.74) is 0. The van der Waals surface area contributed by atoms with Gasteiger partial charge in [0.2, 0.25) is 0 Å². The standard InChI is InChI=1S/C41H80O8/c1-5-7-9-20-26-34(4)28-21-15-11-10-14-18-24-30-47-31-35(32-48-41-39(45)37(43)38(44)40(41)46)49-36(42)29-23-17-13-12-16-22-27-33(3)25-19-8-6-2/h33-35,37-41,43-46H,5-32H2,1-4H3/t33-,34+,35+,37-,38-,39+,40+/m1/s1. The molecule has 0 heterocycles. The predicted octanol–water partition coefficient (Wildman–Crippen LogP) is 8.82. The molecule has 1 saturated carbocycles. The maximum Gasteiger partial charge on any atom is 0.306 e. The molecule has 0 radical (unpaired) electrons. The van der Waals surface area contributed by atoms with Crippen molar-refractivity contribution in [2.24, 2.45) is 11.8 Å². The van der Waals surface area contributed by atoms with Crippen LogP contribution in [0.15, 0.2) is 0 Å². The highest BCUT2D eigenvalue weighted by atomic mass is 16.6. The fourth-order valence-electron chi connectivity index (χ4n) is 6.99. The van der Waals surface area contributed by atoms with Crippen LogP contribution >= 0.6 is 0 Å². The summed E-state index contributed by atoms with van der Waals surface area (Å²) >= 11 is 0. The largest absolute Gasteiger partial charge is 0.457 e. The molecule has 0 unspecified atom stereocenters. The summed E-state index contributed by atoms with van der Waals surface area (Å²) < 4.78 is 17.2. The third-order valence-corrected chi connectivity index (χ3v) is 10.5. The first-order valence-corrected chi connectivity index (χ1v) is 20.8. The Morgan fingerprint density at radius 2 is 0.939 bits per heavy atom. The molecule has 1 aliphatic rings. The van der Waals surface area contributed by atoms with Crippen molar-refractivity contribution >= 4 is 5.97 Å². The van der Waals surface area contributed by atoms with Crippen LogP contribution in [-0.4, -0.2) is 82.8 Å². The lowest BCUT2D eigenvalue weighted by Crippen LogP contribution is -2.39. The fourth-order valence-corrected chi connectivity index (χ4v) is 6.99. The average Bonchev–Trinajstić information content (AvgIpc) is 3.26. The van der Waals surface area contributed by atoms with E-state index in [4.69, 9.17) is 14.2 Å². The summed E-state index contributed by atoms with van der Waals surface area (Å²) in [7, 11) is 0. The van der Waals surface area contributed by atoms with E-state index in [-0.39, 0.29) is 19.2 Å². The van der Waals surface area contributed by atoms with E-state index in [0.717, 1.165) is 43.9 Å². The molecule has 0 aliphatic heterocycles. The number of rotatable bonds is 34. The van der Waals surface area contributed by atoms with Gasteiger partial charge in [0, 0.05) is 13.0 Å². The quantitative estimate of drug-likeness (QED) is 0.0388. The molecule has 0 bridgehead atoms. The number of hydrogen-bond acceptors (Lipinski definition) is 8. The SMILES string of the molecule is CCCCCC[C@H](C)CCCCCCCCCOC[C@@H](COC1[C@@H](O)[C@H](O)[C@@H](O)[C@@H]1O)OC(=O)CCCCCCCC[C@H](C)CCCCC. The molecule has 1 aliphatic carbocycles. The van der Waals surface area contributed by atoms with Gasteiger partial charge in [-0.15, -0.1) is 0 Å². The van der Waals surface area contributed by atoms with Crippen LogP contribution in [0.3, 0.4) is 0 Å². The van der Waals surface area contributed by atoms with Gasteiger partial charge >= 0.3 is 5.97 Å². The van der Waals surface area contributed by atoms with Gasteiger partial charge in [-0.05, 0) is 24.7 Å². The van der Waals surface area contributed by atoms with E-state index in [2.05, 4.69) is 27.7 Å². The highest BCUT2D eigenvalue weighted by molar-refractivity contribution is 5.69. The number of hydrogen-bond donors (Lipinski definition) is 4. The molecule has 292 valence electrons. The molecular weight excluding hydrogens is 620 g/mol. The molecule has 0 aromatic heterocycles. The van der Waals surface area contributed by atoms with Gasteiger partial charge in [0.1, 0.15) is 36.6 Å². The molecule has 0 amide bonds. The Bertz CT molecular complexity index is 737. The van der Waals surface area contributed by atoms with Crippen LogP contribution in [0, 0.1) is 11.8 Å². The molecule has 4 N–H and O–H groups in total. The Balaban J connectivity index is 2.26. The third kappa shape index (κ3) is 23.4. The second kappa shape index (κ2) is 30.8. The Hall–Kier alpha value is -0.770. The number of unbranched alkanes of at least 4 members (excludes halogenated alkanes) is 16. The van der Waals surface area contributed by atoms with Crippen molar-refractivity contribution in [2.45, 2.75) is 225 Å². The minimum Gasteiger partial charge on any atom is -0.457 e. The summed E-state index contributed by atoms with van der Waals surface area (Å²) in [5, 5.41) is 40.2. The molecule has 0 aromatic rings. The van der Waals surface area contributed by atoms with Crippen LogP contribution < -0.4 is 0 Å². The number of carbonyl (C=O) groups excluding carboxylic acids is 1. The van der Waals surface area contributed by atoms with Crippen LogP contribution in [0.2, 0.25) is 0 Å². The Kier molecular flexibility index (Phi) is 29.1. The molecule has 0 saturated heterocycles. The molecule has 8 heteroatoms. The van der Waals surface area contributed by atoms with E-state index in [1.165, 1.54) is 122 Å². The van der Waals surface area contributed by atoms with Gasteiger partial charge < -0.3 is 34.6 Å².